The topological polar surface area (TPSA) is 53.0 Å². The van der Waals surface area contributed by atoms with Crippen LogP contribution in [0.2, 0.25) is 0 Å². The molecule has 3 nitrogen and oxygen atoms in total. The van der Waals surface area contributed by atoms with Gasteiger partial charge in [-0.25, -0.2) is 0 Å². The summed E-state index contributed by atoms with van der Waals surface area (Å²) in [5.74, 6) is 0. The van der Waals surface area contributed by atoms with Gasteiger partial charge in [0.05, 0.1) is 6.54 Å². The molecular weight excluding hydrogens is 188 g/mol. The molecule has 2 N–H and O–H groups in total. The number of hydrogen-bond acceptors (Lipinski definition) is 3. The third kappa shape index (κ3) is 2.56. The summed E-state index contributed by atoms with van der Waals surface area (Å²) >= 11 is 5.54. The van der Waals surface area contributed by atoms with Gasteiger partial charge >= 0.3 is 0 Å². The number of anilines is 1. The lowest BCUT2D eigenvalue weighted by Gasteiger charge is -2.06. The fraction of sp³-hybridized carbons (Fsp3) is 0.111. The normalized spacial score (nSPS) is 9.31. The summed E-state index contributed by atoms with van der Waals surface area (Å²) in [5, 5.41) is 10.1. The lowest BCUT2D eigenvalue weighted by molar-refractivity contribution is -0.106. The van der Waals surface area contributed by atoms with Gasteiger partial charge in [-0.3, -0.25) is 5.41 Å². The number of carbonyl (C=O) groups excluding carboxylic acids is 1. The standard InChI is InChI=1S/C9H9ClN2O/c10-9(11)7-3-1-2-4-8(7)12-5-6-13/h1-4,6,11-12H,5H2. The highest BCUT2D eigenvalue weighted by molar-refractivity contribution is 6.69. The molecule has 0 saturated heterocycles. The number of rotatable bonds is 4. The van der Waals surface area contributed by atoms with E-state index in [-0.39, 0.29) is 11.7 Å². The van der Waals surface area contributed by atoms with Gasteiger partial charge < -0.3 is 10.1 Å². The minimum Gasteiger partial charge on any atom is -0.378 e. The predicted octanol–water partition coefficient (Wildman–Crippen LogP) is 1.86. The predicted molar refractivity (Wildman–Crippen MR) is 53.7 cm³/mol. The minimum atomic E-state index is -0.0333. The lowest BCUT2D eigenvalue weighted by Crippen LogP contribution is -2.05. The van der Waals surface area contributed by atoms with Crippen molar-refractivity contribution in [1.82, 2.24) is 0 Å². The highest BCUT2D eigenvalue weighted by atomic mass is 35.5. The highest BCUT2D eigenvalue weighted by Crippen LogP contribution is 2.16. The molecule has 1 aromatic carbocycles. The van der Waals surface area contributed by atoms with Gasteiger partial charge in [-0.15, -0.1) is 0 Å². The average molecular weight is 197 g/mol. The molecule has 0 atom stereocenters. The SMILES string of the molecule is N=C(Cl)c1ccccc1NCC=O. The van der Waals surface area contributed by atoms with Crippen molar-refractivity contribution < 1.29 is 4.79 Å². The fourth-order valence-electron chi connectivity index (χ4n) is 0.980. The largest absolute Gasteiger partial charge is 0.378 e. The molecular formula is C9H9ClN2O. The van der Waals surface area contributed by atoms with Gasteiger partial charge in [0.1, 0.15) is 11.5 Å². The molecule has 1 rings (SSSR count). The number of halogens is 1. The number of nitrogens with one attached hydrogen (secondary N) is 2. The Balaban J connectivity index is 2.90. The molecule has 4 heteroatoms. The Labute approximate surface area is 81.2 Å². The van der Waals surface area contributed by atoms with Crippen LogP contribution in [0.15, 0.2) is 24.3 Å². The van der Waals surface area contributed by atoms with Crippen molar-refractivity contribution in [2.24, 2.45) is 0 Å². The summed E-state index contributed by atoms with van der Waals surface area (Å²) in [7, 11) is 0. The van der Waals surface area contributed by atoms with E-state index in [2.05, 4.69) is 5.32 Å². The highest BCUT2D eigenvalue weighted by Gasteiger charge is 2.03. The van der Waals surface area contributed by atoms with Crippen molar-refractivity contribution in [3.8, 4) is 0 Å². The number of benzene rings is 1. The molecule has 0 unspecified atom stereocenters. The molecule has 13 heavy (non-hydrogen) atoms. The monoisotopic (exact) mass is 196 g/mol. The molecule has 0 spiro atoms. The Kier molecular flexibility index (Phi) is 3.46. The summed E-state index contributed by atoms with van der Waals surface area (Å²) in [4.78, 5) is 10.1. The van der Waals surface area contributed by atoms with Gasteiger partial charge in [0.25, 0.3) is 0 Å². The van der Waals surface area contributed by atoms with Crippen molar-refractivity contribution in [3.05, 3.63) is 29.8 Å². The Morgan fingerprint density at radius 3 is 2.85 bits per heavy atom. The van der Waals surface area contributed by atoms with Crippen LogP contribution in [-0.2, 0) is 4.79 Å². The zero-order chi connectivity index (χ0) is 9.68. The maximum atomic E-state index is 10.1. The van der Waals surface area contributed by atoms with Gasteiger partial charge in [0, 0.05) is 11.3 Å². The average Bonchev–Trinajstić information content (AvgIpc) is 2.15. The van der Waals surface area contributed by atoms with Crippen molar-refractivity contribution in [2.75, 3.05) is 11.9 Å². The van der Waals surface area contributed by atoms with Crippen molar-refractivity contribution >= 4 is 28.7 Å². The second-order valence-electron chi connectivity index (χ2n) is 2.41. The van der Waals surface area contributed by atoms with Crippen molar-refractivity contribution in [3.63, 3.8) is 0 Å². The number of para-hydroxylation sites is 1. The molecule has 0 aromatic heterocycles. The van der Waals surface area contributed by atoms with E-state index in [0.717, 1.165) is 6.29 Å². The molecule has 1 aromatic rings. The van der Waals surface area contributed by atoms with Gasteiger partial charge in [0.15, 0.2) is 0 Å². The molecule has 0 aliphatic heterocycles. The van der Waals surface area contributed by atoms with Crippen LogP contribution in [0.4, 0.5) is 5.69 Å². The van der Waals surface area contributed by atoms with E-state index in [1.54, 1.807) is 18.2 Å². The number of aldehydes is 1. The Hall–Kier alpha value is -1.35. The van der Waals surface area contributed by atoms with Crippen LogP contribution in [0, 0.1) is 5.41 Å². The van der Waals surface area contributed by atoms with E-state index in [9.17, 15) is 4.79 Å². The first-order valence-corrected chi connectivity index (χ1v) is 4.14. The molecule has 0 amide bonds. The zero-order valence-electron chi connectivity index (χ0n) is 6.88. The molecule has 0 bridgehead atoms. The molecule has 0 saturated carbocycles. The first-order chi connectivity index (χ1) is 6.25. The summed E-state index contributed by atoms with van der Waals surface area (Å²) in [6, 6.07) is 7.10. The van der Waals surface area contributed by atoms with Gasteiger partial charge in [-0.2, -0.15) is 0 Å². The van der Waals surface area contributed by atoms with E-state index < -0.39 is 0 Å². The molecule has 0 fully saturated rings. The maximum Gasteiger partial charge on any atom is 0.139 e. The Bertz CT molecular complexity index is 325. The van der Waals surface area contributed by atoms with E-state index in [0.29, 0.717) is 11.3 Å². The summed E-state index contributed by atoms with van der Waals surface area (Å²) in [5.41, 5.74) is 1.31. The molecule has 68 valence electrons. The van der Waals surface area contributed by atoms with Crippen LogP contribution in [-0.4, -0.2) is 18.0 Å². The maximum absolute atomic E-state index is 10.1. The van der Waals surface area contributed by atoms with E-state index in [4.69, 9.17) is 17.0 Å². The zero-order valence-corrected chi connectivity index (χ0v) is 7.64. The third-order valence-electron chi connectivity index (χ3n) is 1.54. The smallest absolute Gasteiger partial charge is 0.139 e. The molecule has 0 radical (unpaired) electrons. The van der Waals surface area contributed by atoms with E-state index in [1.165, 1.54) is 0 Å². The first kappa shape index (κ1) is 9.74. The van der Waals surface area contributed by atoms with E-state index in [1.807, 2.05) is 6.07 Å². The molecule has 0 heterocycles. The Morgan fingerprint density at radius 2 is 2.23 bits per heavy atom. The minimum absolute atomic E-state index is 0.0333. The van der Waals surface area contributed by atoms with Gasteiger partial charge in [-0.05, 0) is 12.1 Å². The van der Waals surface area contributed by atoms with Crippen molar-refractivity contribution in [2.45, 2.75) is 0 Å². The van der Waals surface area contributed by atoms with Gasteiger partial charge in [-0.1, -0.05) is 23.7 Å². The third-order valence-corrected chi connectivity index (χ3v) is 1.74. The summed E-state index contributed by atoms with van der Waals surface area (Å²) < 4.78 is 0. The van der Waals surface area contributed by atoms with Crippen LogP contribution in [0.3, 0.4) is 0 Å². The van der Waals surface area contributed by atoms with Crippen molar-refractivity contribution in [1.29, 1.82) is 5.41 Å². The van der Waals surface area contributed by atoms with Crippen LogP contribution < -0.4 is 5.32 Å². The fourth-order valence-corrected chi connectivity index (χ4v) is 1.15. The molecule has 0 aliphatic rings. The quantitative estimate of drug-likeness (QED) is 0.571. The first-order valence-electron chi connectivity index (χ1n) is 3.76. The Morgan fingerprint density at radius 1 is 1.54 bits per heavy atom. The lowest BCUT2D eigenvalue weighted by atomic mass is 10.2. The van der Waals surface area contributed by atoms with Crippen LogP contribution in [0.5, 0.6) is 0 Å². The van der Waals surface area contributed by atoms with Crippen LogP contribution in [0.1, 0.15) is 5.56 Å². The second kappa shape index (κ2) is 4.62. The van der Waals surface area contributed by atoms with Gasteiger partial charge in [0.2, 0.25) is 0 Å². The van der Waals surface area contributed by atoms with E-state index >= 15 is 0 Å². The number of carbonyl (C=O) groups is 1. The van der Waals surface area contributed by atoms with Crippen LogP contribution >= 0.6 is 11.6 Å². The number of hydrogen-bond donors (Lipinski definition) is 2. The summed E-state index contributed by atoms with van der Waals surface area (Å²) in [6.07, 6.45) is 0.759. The van der Waals surface area contributed by atoms with Crippen LogP contribution in [0.25, 0.3) is 0 Å². The summed E-state index contributed by atoms with van der Waals surface area (Å²) in [6.45, 7) is 0.223. The second-order valence-corrected chi connectivity index (χ2v) is 2.79. The molecule has 0 aliphatic carbocycles.